The first-order valence-electron chi connectivity index (χ1n) is 4.83. The van der Waals surface area contributed by atoms with Crippen LogP contribution >= 0.6 is 0 Å². The average Bonchev–Trinajstić information content (AvgIpc) is 2.61. The molecule has 2 nitrogen and oxygen atoms in total. The van der Waals surface area contributed by atoms with Gasteiger partial charge in [0.15, 0.2) is 0 Å². The molecule has 0 spiro atoms. The van der Waals surface area contributed by atoms with Gasteiger partial charge in [0.1, 0.15) is 5.75 Å². The molecule has 0 saturated heterocycles. The Balaban J connectivity index is 2.21. The minimum Gasteiger partial charge on any atom is -0.493 e. The van der Waals surface area contributed by atoms with Crippen LogP contribution < -0.4 is 4.74 Å². The van der Waals surface area contributed by atoms with E-state index in [0.717, 1.165) is 11.3 Å². The number of benzene rings is 1. The first-order valence-corrected chi connectivity index (χ1v) is 4.83. The van der Waals surface area contributed by atoms with E-state index in [0.29, 0.717) is 13.0 Å². The molecule has 0 saturated carbocycles. The lowest BCUT2D eigenvalue weighted by atomic mass is 9.94. The van der Waals surface area contributed by atoms with Crippen molar-refractivity contribution in [1.82, 2.24) is 0 Å². The molecule has 1 N–H and O–H groups in total. The molecule has 2 heteroatoms. The topological polar surface area (TPSA) is 29.5 Å². The van der Waals surface area contributed by atoms with E-state index in [9.17, 15) is 5.11 Å². The van der Waals surface area contributed by atoms with Crippen LogP contribution in [0.4, 0.5) is 0 Å². The van der Waals surface area contributed by atoms with Gasteiger partial charge in [0.25, 0.3) is 0 Å². The lowest BCUT2D eigenvalue weighted by molar-refractivity contribution is 0.131. The molecule has 0 bridgehead atoms. The van der Waals surface area contributed by atoms with Crippen LogP contribution in [-0.2, 0) is 0 Å². The van der Waals surface area contributed by atoms with Crippen molar-refractivity contribution in [2.75, 3.05) is 6.61 Å². The van der Waals surface area contributed by atoms with Crippen LogP contribution in [0.2, 0.25) is 0 Å². The highest BCUT2D eigenvalue weighted by atomic mass is 16.5. The van der Waals surface area contributed by atoms with Gasteiger partial charge in [-0.1, -0.05) is 24.3 Å². The Labute approximate surface area is 83.8 Å². The molecule has 0 fully saturated rings. The van der Waals surface area contributed by atoms with E-state index in [2.05, 4.69) is 6.58 Å². The zero-order valence-electron chi connectivity index (χ0n) is 8.02. The highest BCUT2D eigenvalue weighted by molar-refractivity contribution is 5.40. The van der Waals surface area contributed by atoms with Crippen molar-refractivity contribution in [3.8, 4) is 5.75 Å². The molecule has 0 aliphatic carbocycles. The predicted molar refractivity (Wildman–Crippen MR) is 55.5 cm³/mol. The van der Waals surface area contributed by atoms with Crippen LogP contribution in [0.15, 0.2) is 36.9 Å². The fourth-order valence-electron chi connectivity index (χ4n) is 1.84. The van der Waals surface area contributed by atoms with Crippen molar-refractivity contribution in [2.45, 2.75) is 18.4 Å². The van der Waals surface area contributed by atoms with E-state index < -0.39 is 0 Å². The summed E-state index contributed by atoms with van der Waals surface area (Å²) in [7, 11) is 0. The van der Waals surface area contributed by atoms with Gasteiger partial charge in [-0.3, -0.25) is 0 Å². The Hall–Kier alpha value is -1.28. The van der Waals surface area contributed by atoms with Crippen molar-refractivity contribution in [3.05, 3.63) is 42.5 Å². The first kappa shape index (κ1) is 9.28. The molecule has 1 aromatic rings. The van der Waals surface area contributed by atoms with Gasteiger partial charge in [0, 0.05) is 11.5 Å². The van der Waals surface area contributed by atoms with Gasteiger partial charge in [-0.25, -0.2) is 0 Å². The van der Waals surface area contributed by atoms with Crippen molar-refractivity contribution in [1.29, 1.82) is 0 Å². The molecule has 2 rings (SSSR count). The zero-order chi connectivity index (χ0) is 9.97. The summed E-state index contributed by atoms with van der Waals surface area (Å²) in [6.45, 7) is 4.20. The molecule has 1 aliphatic heterocycles. The molecule has 1 aromatic carbocycles. The third kappa shape index (κ3) is 1.53. The Kier molecular flexibility index (Phi) is 2.55. The van der Waals surface area contributed by atoms with Gasteiger partial charge in [0.2, 0.25) is 0 Å². The third-order valence-electron chi connectivity index (χ3n) is 2.61. The van der Waals surface area contributed by atoms with Gasteiger partial charge in [0.05, 0.1) is 12.7 Å². The molecule has 74 valence electrons. The highest BCUT2D eigenvalue weighted by Gasteiger charge is 2.28. The van der Waals surface area contributed by atoms with E-state index in [1.807, 2.05) is 24.3 Å². The highest BCUT2D eigenvalue weighted by Crippen LogP contribution is 2.36. The molecule has 1 aliphatic rings. The minimum atomic E-state index is -0.379. The third-order valence-corrected chi connectivity index (χ3v) is 2.61. The fraction of sp³-hybridized carbons (Fsp3) is 0.333. The molecule has 0 radical (unpaired) electrons. The zero-order valence-corrected chi connectivity index (χ0v) is 8.02. The van der Waals surface area contributed by atoms with Crippen molar-refractivity contribution in [2.24, 2.45) is 0 Å². The number of hydrogen-bond acceptors (Lipinski definition) is 2. The summed E-state index contributed by atoms with van der Waals surface area (Å²) in [5.41, 5.74) is 1.11. The molecule has 1 heterocycles. The second-order valence-electron chi connectivity index (χ2n) is 3.55. The van der Waals surface area contributed by atoms with Crippen LogP contribution in [0.1, 0.15) is 17.9 Å². The fourth-order valence-corrected chi connectivity index (χ4v) is 1.84. The quantitative estimate of drug-likeness (QED) is 0.739. The van der Waals surface area contributed by atoms with Crippen LogP contribution in [0, 0.1) is 0 Å². The summed E-state index contributed by atoms with van der Waals surface area (Å²) in [5.74, 6) is 1.00. The van der Waals surface area contributed by atoms with Gasteiger partial charge in [-0.2, -0.15) is 0 Å². The average molecular weight is 190 g/mol. The van der Waals surface area contributed by atoms with Crippen LogP contribution in [-0.4, -0.2) is 17.8 Å². The number of aliphatic hydroxyl groups excluding tert-OH is 1. The molecular weight excluding hydrogens is 176 g/mol. The maximum absolute atomic E-state index is 9.84. The summed E-state index contributed by atoms with van der Waals surface area (Å²) in [5, 5.41) is 9.84. The van der Waals surface area contributed by atoms with Crippen LogP contribution in [0.3, 0.4) is 0 Å². The SMILES string of the molecule is C=CCC(O)C1COc2ccccc21. The number of para-hydroxylation sites is 1. The van der Waals surface area contributed by atoms with Crippen LogP contribution in [0.25, 0.3) is 0 Å². The maximum atomic E-state index is 9.84. The lowest BCUT2D eigenvalue weighted by Gasteiger charge is -2.14. The normalized spacial score (nSPS) is 21.1. The molecular formula is C12H14O2. The smallest absolute Gasteiger partial charge is 0.123 e. The summed E-state index contributed by atoms with van der Waals surface area (Å²) in [4.78, 5) is 0. The van der Waals surface area contributed by atoms with E-state index in [-0.39, 0.29) is 12.0 Å². The largest absolute Gasteiger partial charge is 0.493 e. The minimum absolute atomic E-state index is 0.101. The second-order valence-corrected chi connectivity index (χ2v) is 3.55. The molecule has 0 aromatic heterocycles. The van der Waals surface area contributed by atoms with Crippen LogP contribution in [0.5, 0.6) is 5.75 Å². The summed E-state index contributed by atoms with van der Waals surface area (Å²) < 4.78 is 5.48. The summed E-state index contributed by atoms with van der Waals surface area (Å²) in [6, 6.07) is 7.87. The number of fused-ring (bicyclic) bond motifs is 1. The van der Waals surface area contributed by atoms with Crippen molar-refractivity contribution in [3.63, 3.8) is 0 Å². The summed E-state index contributed by atoms with van der Waals surface area (Å²) in [6.07, 6.45) is 1.98. The van der Waals surface area contributed by atoms with Crippen molar-refractivity contribution >= 4 is 0 Å². The molecule has 14 heavy (non-hydrogen) atoms. The lowest BCUT2D eigenvalue weighted by Crippen LogP contribution is -2.18. The van der Waals surface area contributed by atoms with Gasteiger partial charge in [-0.15, -0.1) is 6.58 Å². The standard InChI is InChI=1S/C12H14O2/c1-2-5-11(13)10-8-14-12-7-4-3-6-9(10)12/h2-4,6-7,10-11,13H,1,5,8H2. The number of hydrogen-bond donors (Lipinski definition) is 1. The van der Waals surface area contributed by atoms with E-state index in [1.54, 1.807) is 6.08 Å². The van der Waals surface area contributed by atoms with Gasteiger partial charge >= 0.3 is 0 Å². The molecule has 2 unspecified atom stereocenters. The Morgan fingerprint density at radius 3 is 3.14 bits per heavy atom. The number of rotatable bonds is 3. The monoisotopic (exact) mass is 190 g/mol. The van der Waals surface area contributed by atoms with Gasteiger partial charge < -0.3 is 9.84 Å². The van der Waals surface area contributed by atoms with E-state index >= 15 is 0 Å². The Bertz CT molecular complexity index is 333. The molecule has 2 atom stereocenters. The van der Waals surface area contributed by atoms with Crippen molar-refractivity contribution < 1.29 is 9.84 Å². The predicted octanol–water partition coefficient (Wildman–Crippen LogP) is 2.10. The first-order chi connectivity index (χ1) is 6.83. The molecule has 0 amide bonds. The Morgan fingerprint density at radius 1 is 1.57 bits per heavy atom. The number of aliphatic hydroxyl groups is 1. The second kappa shape index (κ2) is 3.84. The van der Waals surface area contributed by atoms with E-state index in [4.69, 9.17) is 4.74 Å². The number of ether oxygens (including phenoxy) is 1. The van der Waals surface area contributed by atoms with Gasteiger partial charge in [-0.05, 0) is 12.5 Å². The Morgan fingerprint density at radius 2 is 2.36 bits per heavy atom. The summed E-state index contributed by atoms with van der Waals surface area (Å²) >= 11 is 0. The maximum Gasteiger partial charge on any atom is 0.123 e. The van der Waals surface area contributed by atoms with E-state index in [1.165, 1.54) is 0 Å².